The number of aryl methyl sites for hydroxylation is 1. The number of benzene rings is 1. The van der Waals surface area contributed by atoms with Crippen LogP contribution in [0.25, 0.3) is 10.4 Å². The fourth-order valence-corrected chi connectivity index (χ4v) is 5.01. The molecule has 2 aromatic rings. The van der Waals surface area contributed by atoms with Crippen molar-refractivity contribution < 1.29 is 19.5 Å². The number of amides is 3. The Morgan fingerprint density at radius 3 is 2.56 bits per heavy atom. The number of terminal acetylenes is 1. The van der Waals surface area contributed by atoms with E-state index in [0.717, 1.165) is 21.7 Å². The Morgan fingerprint density at radius 2 is 1.97 bits per heavy atom. The molecule has 1 aromatic carbocycles. The summed E-state index contributed by atoms with van der Waals surface area (Å²) in [7, 11) is 0. The van der Waals surface area contributed by atoms with Gasteiger partial charge in [-0.25, -0.2) is 4.98 Å². The van der Waals surface area contributed by atoms with E-state index in [2.05, 4.69) is 21.5 Å². The number of likely N-dealkylation sites (tertiary alicyclic amines) is 1. The van der Waals surface area contributed by atoms with Crippen LogP contribution in [0.15, 0.2) is 29.8 Å². The number of aliphatic hydroxyl groups excluding tert-OH is 1. The number of hydrogen-bond donors (Lipinski definition) is 3. The molecule has 192 valence electrons. The summed E-state index contributed by atoms with van der Waals surface area (Å²) in [5.41, 5.74) is 4.17. The summed E-state index contributed by atoms with van der Waals surface area (Å²) >= 11 is 1.58. The van der Waals surface area contributed by atoms with Gasteiger partial charge in [0.1, 0.15) is 12.1 Å². The average Bonchev–Trinajstić information content (AvgIpc) is 3.44. The lowest BCUT2D eigenvalue weighted by Gasteiger charge is -2.35. The molecule has 3 rings (SSSR count). The third-order valence-electron chi connectivity index (χ3n) is 6.21. The molecule has 3 N–H and O–H groups in total. The molecule has 0 aliphatic carbocycles. The average molecular weight is 511 g/mol. The Labute approximate surface area is 216 Å². The number of hydrogen-bond acceptors (Lipinski definition) is 6. The van der Waals surface area contributed by atoms with Gasteiger partial charge in [0.15, 0.2) is 0 Å². The van der Waals surface area contributed by atoms with E-state index in [1.165, 1.54) is 4.90 Å². The van der Waals surface area contributed by atoms with Crippen LogP contribution in [0.3, 0.4) is 0 Å². The Bertz CT molecular complexity index is 1130. The van der Waals surface area contributed by atoms with Crippen molar-refractivity contribution in [1.82, 2.24) is 20.5 Å². The van der Waals surface area contributed by atoms with Gasteiger partial charge >= 0.3 is 0 Å². The van der Waals surface area contributed by atoms with Gasteiger partial charge in [0.2, 0.25) is 17.7 Å². The smallest absolute Gasteiger partial charge is 0.246 e. The number of nitrogens with zero attached hydrogens (tertiary/aromatic N) is 2. The maximum atomic E-state index is 13.5. The highest BCUT2D eigenvalue weighted by Crippen LogP contribution is 2.28. The molecule has 1 fully saturated rings. The molecule has 0 unspecified atom stereocenters. The van der Waals surface area contributed by atoms with Gasteiger partial charge in [0.25, 0.3) is 0 Å². The molecule has 36 heavy (non-hydrogen) atoms. The lowest BCUT2D eigenvalue weighted by molar-refractivity contribution is -0.144. The zero-order valence-corrected chi connectivity index (χ0v) is 22.0. The number of aliphatic hydroxyl groups is 1. The predicted molar refractivity (Wildman–Crippen MR) is 140 cm³/mol. The first-order valence-electron chi connectivity index (χ1n) is 12.0. The van der Waals surface area contributed by atoms with Crippen LogP contribution in [0.1, 0.15) is 51.3 Å². The summed E-state index contributed by atoms with van der Waals surface area (Å²) in [5, 5.41) is 16.0. The summed E-state index contributed by atoms with van der Waals surface area (Å²) < 4.78 is 0. The SMILES string of the molecule is C#CCCC(=O)N[C@H](C(=O)N1C[C@H](O)C[C@H]1C(=O)NCc1ccc(-c2scnc2C)cc1)C(C)(C)C. The number of nitrogens with one attached hydrogen (secondary N) is 2. The fourth-order valence-electron chi connectivity index (χ4n) is 4.20. The normalized spacial score (nSPS) is 18.4. The highest BCUT2D eigenvalue weighted by molar-refractivity contribution is 7.13. The molecule has 1 aromatic heterocycles. The molecule has 3 amide bonds. The summed E-state index contributed by atoms with van der Waals surface area (Å²) in [4.78, 5) is 45.7. The monoisotopic (exact) mass is 510 g/mol. The van der Waals surface area contributed by atoms with Crippen molar-refractivity contribution in [1.29, 1.82) is 0 Å². The van der Waals surface area contributed by atoms with Crippen molar-refractivity contribution >= 4 is 29.1 Å². The second-order valence-corrected chi connectivity index (χ2v) is 11.0. The van der Waals surface area contributed by atoms with Crippen LogP contribution < -0.4 is 10.6 Å². The van der Waals surface area contributed by atoms with E-state index in [1.54, 1.807) is 11.3 Å². The molecule has 2 heterocycles. The lowest BCUT2D eigenvalue weighted by atomic mass is 9.85. The fraction of sp³-hybridized carbons (Fsp3) is 0.481. The maximum Gasteiger partial charge on any atom is 0.246 e. The third-order valence-corrected chi connectivity index (χ3v) is 7.19. The van der Waals surface area contributed by atoms with Gasteiger partial charge < -0.3 is 20.6 Å². The molecule has 1 saturated heterocycles. The number of carbonyl (C=O) groups is 3. The minimum atomic E-state index is -0.855. The summed E-state index contributed by atoms with van der Waals surface area (Å²) in [6.45, 7) is 7.83. The standard InChI is InChI=1S/C27H34N4O4S/c1-6-7-8-22(33)30-24(27(3,4)5)26(35)31-15-20(32)13-21(31)25(34)28-14-18-9-11-19(12-10-18)23-17(2)29-16-36-23/h1,9-12,16,20-21,24,32H,7-8,13-15H2,2-5H3,(H,28,34)(H,30,33)/t20-,21+,24-/m1/s1. The molecule has 9 heteroatoms. The van der Waals surface area contributed by atoms with Gasteiger partial charge in [-0.3, -0.25) is 14.4 Å². The highest BCUT2D eigenvalue weighted by Gasteiger charge is 2.44. The second-order valence-electron chi connectivity index (χ2n) is 10.1. The van der Waals surface area contributed by atoms with Crippen LogP contribution in [0.4, 0.5) is 0 Å². The van der Waals surface area contributed by atoms with Gasteiger partial charge in [-0.05, 0) is 23.5 Å². The number of aromatic nitrogens is 1. The van der Waals surface area contributed by atoms with Crippen molar-refractivity contribution in [2.75, 3.05) is 6.54 Å². The zero-order valence-electron chi connectivity index (χ0n) is 21.2. The topological polar surface area (TPSA) is 112 Å². The van der Waals surface area contributed by atoms with E-state index in [-0.39, 0.29) is 37.6 Å². The molecule has 0 bridgehead atoms. The van der Waals surface area contributed by atoms with Crippen LogP contribution >= 0.6 is 11.3 Å². The van der Waals surface area contributed by atoms with Crippen LogP contribution in [0.2, 0.25) is 0 Å². The first kappa shape index (κ1) is 27.4. The number of thiazole rings is 1. The van der Waals surface area contributed by atoms with Crippen LogP contribution in [0.5, 0.6) is 0 Å². The molecule has 8 nitrogen and oxygen atoms in total. The Balaban J connectivity index is 1.67. The zero-order chi connectivity index (χ0) is 26.5. The molecule has 0 saturated carbocycles. The largest absolute Gasteiger partial charge is 0.391 e. The molecular formula is C27H34N4O4S. The van der Waals surface area contributed by atoms with E-state index in [1.807, 2.05) is 57.5 Å². The van der Waals surface area contributed by atoms with Gasteiger partial charge in [-0.15, -0.1) is 23.7 Å². The number of rotatable bonds is 8. The van der Waals surface area contributed by atoms with E-state index >= 15 is 0 Å². The van der Waals surface area contributed by atoms with Gasteiger partial charge in [0.05, 0.1) is 22.2 Å². The number of carbonyl (C=O) groups excluding carboxylic acids is 3. The van der Waals surface area contributed by atoms with Crippen LogP contribution in [0, 0.1) is 24.7 Å². The Morgan fingerprint density at radius 1 is 1.28 bits per heavy atom. The van der Waals surface area contributed by atoms with E-state index in [4.69, 9.17) is 6.42 Å². The van der Waals surface area contributed by atoms with Crippen molar-refractivity contribution in [2.24, 2.45) is 5.41 Å². The quantitative estimate of drug-likeness (QED) is 0.473. The van der Waals surface area contributed by atoms with Crippen molar-refractivity contribution in [3.63, 3.8) is 0 Å². The van der Waals surface area contributed by atoms with Crippen LogP contribution in [-0.4, -0.2) is 57.4 Å². The van der Waals surface area contributed by atoms with Gasteiger partial charge in [0, 0.05) is 32.4 Å². The first-order valence-corrected chi connectivity index (χ1v) is 12.9. The summed E-state index contributed by atoms with van der Waals surface area (Å²) in [6.07, 6.45) is 4.96. The van der Waals surface area contributed by atoms with Crippen molar-refractivity contribution in [3.8, 4) is 22.8 Å². The lowest BCUT2D eigenvalue weighted by Crippen LogP contribution is -2.57. The minimum absolute atomic E-state index is 0.0343. The second kappa shape index (κ2) is 11.7. The van der Waals surface area contributed by atoms with Gasteiger partial charge in [-0.2, -0.15) is 0 Å². The maximum absolute atomic E-state index is 13.5. The molecule has 1 aliphatic rings. The van der Waals surface area contributed by atoms with E-state index in [0.29, 0.717) is 6.54 Å². The van der Waals surface area contributed by atoms with Gasteiger partial charge in [-0.1, -0.05) is 45.0 Å². The van der Waals surface area contributed by atoms with Crippen molar-refractivity contribution in [2.45, 2.75) is 71.7 Å². The minimum Gasteiger partial charge on any atom is -0.391 e. The van der Waals surface area contributed by atoms with E-state index in [9.17, 15) is 19.5 Å². The van der Waals surface area contributed by atoms with Crippen molar-refractivity contribution in [3.05, 3.63) is 41.0 Å². The molecule has 0 radical (unpaired) electrons. The van der Waals surface area contributed by atoms with E-state index < -0.39 is 29.5 Å². The Hall–Kier alpha value is -3.22. The molecule has 1 aliphatic heterocycles. The molecule has 0 spiro atoms. The summed E-state index contributed by atoms with van der Waals surface area (Å²) in [6, 6.07) is 6.21. The van der Waals surface area contributed by atoms with Crippen LogP contribution in [-0.2, 0) is 20.9 Å². The third kappa shape index (κ3) is 6.71. The Kier molecular flexibility index (Phi) is 8.88. The predicted octanol–water partition coefficient (Wildman–Crippen LogP) is 2.64. The molecular weight excluding hydrogens is 476 g/mol. The number of β-amino-alcohol motifs (C(OH)–C–C–N with tert-alkyl or cyclic N) is 1. The highest BCUT2D eigenvalue weighted by atomic mass is 32.1. The molecule has 3 atom stereocenters. The summed E-state index contributed by atoms with van der Waals surface area (Å²) in [5.74, 6) is 1.37. The first-order chi connectivity index (χ1) is 17.0.